The molecule has 3 rings (SSSR count). The SMILES string of the molecule is Cc1nc(Oc2cnc3ccccc3c2)ncc1CN. The van der Waals surface area contributed by atoms with Crippen molar-refractivity contribution in [2.24, 2.45) is 5.73 Å². The Bertz CT molecular complexity index is 758. The first-order valence-corrected chi connectivity index (χ1v) is 6.31. The minimum atomic E-state index is 0.303. The molecule has 0 aliphatic heterocycles. The Morgan fingerprint density at radius 3 is 2.80 bits per heavy atom. The number of aromatic nitrogens is 3. The maximum Gasteiger partial charge on any atom is 0.322 e. The van der Waals surface area contributed by atoms with Gasteiger partial charge >= 0.3 is 6.01 Å². The topological polar surface area (TPSA) is 73.9 Å². The molecular weight excluding hydrogens is 252 g/mol. The van der Waals surface area contributed by atoms with Crippen LogP contribution in [0.25, 0.3) is 10.9 Å². The van der Waals surface area contributed by atoms with E-state index in [-0.39, 0.29) is 0 Å². The van der Waals surface area contributed by atoms with Crippen molar-refractivity contribution in [2.45, 2.75) is 13.5 Å². The van der Waals surface area contributed by atoms with Gasteiger partial charge in [0.2, 0.25) is 0 Å². The highest BCUT2D eigenvalue weighted by atomic mass is 16.5. The Labute approximate surface area is 116 Å². The van der Waals surface area contributed by atoms with Crippen molar-refractivity contribution in [1.29, 1.82) is 0 Å². The number of benzene rings is 1. The Hall–Kier alpha value is -2.53. The van der Waals surface area contributed by atoms with Crippen molar-refractivity contribution in [3.05, 3.63) is 54.0 Å². The lowest BCUT2D eigenvalue weighted by atomic mass is 10.2. The van der Waals surface area contributed by atoms with Crippen LogP contribution in [0.15, 0.2) is 42.7 Å². The van der Waals surface area contributed by atoms with Gasteiger partial charge in [-0.15, -0.1) is 0 Å². The number of aryl methyl sites for hydroxylation is 1. The van der Waals surface area contributed by atoms with Crippen molar-refractivity contribution < 1.29 is 4.74 Å². The molecule has 5 nitrogen and oxygen atoms in total. The van der Waals surface area contributed by atoms with E-state index in [4.69, 9.17) is 10.5 Å². The largest absolute Gasteiger partial charge is 0.423 e. The van der Waals surface area contributed by atoms with E-state index in [0.29, 0.717) is 18.3 Å². The summed E-state index contributed by atoms with van der Waals surface area (Å²) in [5, 5.41) is 1.01. The number of nitrogens with two attached hydrogens (primary N) is 1. The molecule has 0 unspecified atom stereocenters. The van der Waals surface area contributed by atoms with E-state index in [1.165, 1.54) is 0 Å². The molecule has 0 radical (unpaired) electrons. The molecule has 5 heteroatoms. The van der Waals surface area contributed by atoms with Crippen LogP contribution in [-0.2, 0) is 6.54 Å². The van der Waals surface area contributed by atoms with Gasteiger partial charge in [0.15, 0.2) is 0 Å². The van der Waals surface area contributed by atoms with Gasteiger partial charge in [-0.25, -0.2) is 4.98 Å². The van der Waals surface area contributed by atoms with Gasteiger partial charge in [-0.05, 0) is 19.1 Å². The second-order valence-corrected chi connectivity index (χ2v) is 4.43. The van der Waals surface area contributed by atoms with E-state index in [1.54, 1.807) is 12.4 Å². The van der Waals surface area contributed by atoms with Crippen LogP contribution in [0.1, 0.15) is 11.3 Å². The van der Waals surface area contributed by atoms with Crippen molar-refractivity contribution in [2.75, 3.05) is 0 Å². The lowest BCUT2D eigenvalue weighted by molar-refractivity contribution is 0.438. The molecule has 0 spiro atoms. The Balaban J connectivity index is 1.90. The smallest absolute Gasteiger partial charge is 0.322 e. The van der Waals surface area contributed by atoms with Gasteiger partial charge in [0, 0.05) is 29.4 Å². The number of pyridine rings is 1. The number of hydrogen-bond acceptors (Lipinski definition) is 5. The minimum Gasteiger partial charge on any atom is -0.423 e. The van der Waals surface area contributed by atoms with Crippen LogP contribution >= 0.6 is 0 Å². The first kappa shape index (κ1) is 12.5. The molecule has 0 amide bonds. The van der Waals surface area contributed by atoms with Crippen molar-refractivity contribution in [3.63, 3.8) is 0 Å². The summed E-state index contributed by atoms with van der Waals surface area (Å²) < 4.78 is 5.64. The van der Waals surface area contributed by atoms with Crippen molar-refractivity contribution in [1.82, 2.24) is 15.0 Å². The summed E-state index contributed by atoms with van der Waals surface area (Å²) in [5.41, 5.74) is 8.25. The number of hydrogen-bond donors (Lipinski definition) is 1. The first-order chi connectivity index (χ1) is 9.76. The minimum absolute atomic E-state index is 0.303. The highest BCUT2D eigenvalue weighted by Gasteiger charge is 2.05. The summed E-state index contributed by atoms with van der Waals surface area (Å²) in [6.45, 7) is 2.30. The molecule has 0 aliphatic carbocycles. The summed E-state index contributed by atoms with van der Waals surface area (Å²) in [7, 11) is 0. The highest BCUT2D eigenvalue weighted by molar-refractivity contribution is 5.79. The zero-order valence-electron chi connectivity index (χ0n) is 11.1. The van der Waals surface area contributed by atoms with Crippen LogP contribution in [0.2, 0.25) is 0 Å². The Morgan fingerprint density at radius 2 is 2.00 bits per heavy atom. The molecule has 1 aromatic carbocycles. The molecular formula is C15H14N4O. The molecule has 2 N–H and O–H groups in total. The summed E-state index contributed by atoms with van der Waals surface area (Å²) in [6.07, 6.45) is 3.35. The fourth-order valence-corrected chi connectivity index (χ4v) is 1.93. The summed E-state index contributed by atoms with van der Waals surface area (Å²) in [6, 6.07) is 10.1. The Morgan fingerprint density at radius 1 is 1.15 bits per heavy atom. The predicted molar refractivity (Wildman–Crippen MR) is 76.5 cm³/mol. The van der Waals surface area contributed by atoms with Crippen LogP contribution in [-0.4, -0.2) is 15.0 Å². The highest BCUT2D eigenvalue weighted by Crippen LogP contribution is 2.22. The molecule has 2 heterocycles. The third-order valence-electron chi connectivity index (χ3n) is 3.05. The zero-order chi connectivity index (χ0) is 13.9. The van der Waals surface area contributed by atoms with E-state index in [9.17, 15) is 0 Å². The van der Waals surface area contributed by atoms with Crippen molar-refractivity contribution in [3.8, 4) is 11.8 Å². The van der Waals surface area contributed by atoms with E-state index in [0.717, 1.165) is 22.2 Å². The third kappa shape index (κ3) is 2.44. The standard InChI is InChI=1S/C15H14N4O/c1-10-12(7-16)8-18-15(19-10)20-13-6-11-4-2-3-5-14(11)17-9-13/h2-6,8-9H,7,16H2,1H3. The van der Waals surface area contributed by atoms with E-state index >= 15 is 0 Å². The van der Waals surface area contributed by atoms with Crippen LogP contribution in [0.5, 0.6) is 11.8 Å². The van der Waals surface area contributed by atoms with Crippen LogP contribution < -0.4 is 10.5 Å². The van der Waals surface area contributed by atoms with E-state index in [1.807, 2.05) is 37.3 Å². The normalized spacial score (nSPS) is 10.7. The molecule has 3 aromatic rings. The summed E-state index contributed by atoms with van der Waals surface area (Å²) >= 11 is 0. The average Bonchev–Trinajstić information content (AvgIpc) is 2.47. The molecule has 100 valence electrons. The maximum absolute atomic E-state index is 5.64. The molecule has 2 aromatic heterocycles. The number of para-hydroxylation sites is 1. The lowest BCUT2D eigenvalue weighted by Crippen LogP contribution is -2.03. The molecule has 0 bridgehead atoms. The van der Waals surface area contributed by atoms with E-state index in [2.05, 4.69) is 15.0 Å². The molecule has 0 saturated carbocycles. The number of fused-ring (bicyclic) bond motifs is 1. The van der Waals surface area contributed by atoms with Crippen LogP contribution in [0.4, 0.5) is 0 Å². The molecule has 0 fully saturated rings. The summed E-state index contributed by atoms with van der Waals surface area (Å²) in [4.78, 5) is 12.8. The first-order valence-electron chi connectivity index (χ1n) is 6.31. The average molecular weight is 266 g/mol. The van der Waals surface area contributed by atoms with Gasteiger partial charge in [0.05, 0.1) is 11.7 Å². The van der Waals surface area contributed by atoms with Crippen LogP contribution in [0, 0.1) is 6.92 Å². The zero-order valence-corrected chi connectivity index (χ0v) is 11.1. The van der Waals surface area contributed by atoms with Gasteiger partial charge in [0.1, 0.15) is 5.75 Å². The second-order valence-electron chi connectivity index (χ2n) is 4.43. The number of rotatable bonds is 3. The maximum atomic E-state index is 5.64. The molecule has 20 heavy (non-hydrogen) atoms. The van der Waals surface area contributed by atoms with Gasteiger partial charge < -0.3 is 10.5 Å². The molecule has 0 saturated heterocycles. The fourth-order valence-electron chi connectivity index (χ4n) is 1.93. The number of ether oxygens (including phenoxy) is 1. The lowest BCUT2D eigenvalue weighted by Gasteiger charge is -2.07. The van der Waals surface area contributed by atoms with Gasteiger partial charge in [-0.1, -0.05) is 18.2 Å². The molecule has 0 atom stereocenters. The van der Waals surface area contributed by atoms with E-state index < -0.39 is 0 Å². The van der Waals surface area contributed by atoms with Gasteiger partial charge in [-0.3, -0.25) is 4.98 Å². The monoisotopic (exact) mass is 266 g/mol. The van der Waals surface area contributed by atoms with Gasteiger partial charge in [0.25, 0.3) is 0 Å². The van der Waals surface area contributed by atoms with Gasteiger partial charge in [-0.2, -0.15) is 4.98 Å². The Kier molecular flexibility index (Phi) is 3.26. The van der Waals surface area contributed by atoms with Crippen LogP contribution in [0.3, 0.4) is 0 Å². The number of nitrogens with zero attached hydrogens (tertiary/aromatic N) is 3. The third-order valence-corrected chi connectivity index (χ3v) is 3.05. The molecule has 0 aliphatic rings. The summed E-state index contributed by atoms with van der Waals surface area (Å²) in [5.74, 6) is 0.614. The van der Waals surface area contributed by atoms with Crippen molar-refractivity contribution >= 4 is 10.9 Å². The quantitative estimate of drug-likeness (QED) is 0.788. The second kappa shape index (κ2) is 5.22. The fraction of sp³-hybridized carbons (Fsp3) is 0.133. The predicted octanol–water partition coefficient (Wildman–Crippen LogP) is 2.58.